The van der Waals surface area contributed by atoms with E-state index in [2.05, 4.69) is 18.9 Å². The van der Waals surface area contributed by atoms with Gasteiger partial charge >= 0.3 is 0 Å². The molecule has 0 bridgehead atoms. The van der Waals surface area contributed by atoms with Crippen LogP contribution in [-0.4, -0.2) is 14.9 Å². The van der Waals surface area contributed by atoms with Crippen LogP contribution in [0.4, 0.5) is 0 Å². The van der Waals surface area contributed by atoms with E-state index in [1.807, 2.05) is 25.6 Å². The number of aliphatic hydroxyl groups excluding tert-OH is 1. The highest BCUT2D eigenvalue weighted by Gasteiger charge is 2.19. The van der Waals surface area contributed by atoms with Crippen LogP contribution in [0.5, 0.6) is 0 Å². The molecule has 1 aromatic heterocycles. The van der Waals surface area contributed by atoms with Gasteiger partial charge in [-0.05, 0) is 26.2 Å². The topological polar surface area (TPSA) is 38.1 Å². The maximum absolute atomic E-state index is 10.1. The summed E-state index contributed by atoms with van der Waals surface area (Å²) in [5.41, 5.74) is 3.03. The van der Waals surface area contributed by atoms with E-state index in [4.69, 9.17) is 0 Å². The molecule has 0 aromatic carbocycles. The molecular weight excluding hydrogens is 188 g/mol. The van der Waals surface area contributed by atoms with Crippen molar-refractivity contribution in [1.82, 2.24) is 9.78 Å². The highest BCUT2D eigenvalue weighted by Crippen LogP contribution is 2.27. The van der Waals surface area contributed by atoms with Gasteiger partial charge in [-0.3, -0.25) is 4.68 Å². The van der Waals surface area contributed by atoms with Crippen molar-refractivity contribution in [2.45, 2.75) is 46.6 Å². The molecule has 0 amide bonds. The Morgan fingerprint density at radius 2 is 2.00 bits per heavy atom. The molecule has 2 atom stereocenters. The van der Waals surface area contributed by atoms with Gasteiger partial charge in [-0.2, -0.15) is 5.10 Å². The Morgan fingerprint density at radius 1 is 1.40 bits per heavy atom. The molecule has 0 saturated heterocycles. The Hall–Kier alpha value is -0.830. The van der Waals surface area contributed by atoms with Gasteiger partial charge in [0.25, 0.3) is 0 Å². The Bertz CT molecular complexity index is 331. The maximum Gasteiger partial charge on any atom is 0.0828 e. The van der Waals surface area contributed by atoms with Gasteiger partial charge in [-0.1, -0.05) is 20.3 Å². The van der Waals surface area contributed by atoms with E-state index < -0.39 is 0 Å². The number of hydrogen-bond donors (Lipinski definition) is 1. The van der Waals surface area contributed by atoms with Crippen molar-refractivity contribution < 1.29 is 5.11 Å². The van der Waals surface area contributed by atoms with Gasteiger partial charge in [0.05, 0.1) is 11.8 Å². The number of aryl methyl sites for hydroxylation is 2. The van der Waals surface area contributed by atoms with Gasteiger partial charge in [0, 0.05) is 18.3 Å². The van der Waals surface area contributed by atoms with E-state index in [-0.39, 0.29) is 6.10 Å². The Labute approximate surface area is 92.1 Å². The lowest BCUT2D eigenvalue weighted by atomic mass is 9.95. The zero-order chi connectivity index (χ0) is 11.6. The Kier molecular flexibility index (Phi) is 3.91. The largest absolute Gasteiger partial charge is 0.388 e. The molecule has 86 valence electrons. The first-order valence-corrected chi connectivity index (χ1v) is 5.65. The van der Waals surface area contributed by atoms with Crippen LogP contribution in [0.25, 0.3) is 0 Å². The van der Waals surface area contributed by atoms with E-state index >= 15 is 0 Å². The number of aromatic nitrogens is 2. The second-order valence-corrected chi connectivity index (χ2v) is 4.47. The number of nitrogens with zero attached hydrogens (tertiary/aromatic N) is 2. The van der Waals surface area contributed by atoms with Crippen LogP contribution >= 0.6 is 0 Å². The third-order valence-electron chi connectivity index (χ3n) is 3.22. The summed E-state index contributed by atoms with van der Waals surface area (Å²) in [5.74, 6) is 0.555. The molecule has 0 fully saturated rings. The summed E-state index contributed by atoms with van der Waals surface area (Å²) < 4.78 is 1.84. The van der Waals surface area contributed by atoms with E-state index in [1.165, 1.54) is 0 Å². The normalized spacial score (nSPS) is 15.3. The van der Waals surface area contributed by atoms with Crippen LogP contribution in [0.3, 0.4) is 0 Å². The lowest BCUT2D eigenvalue weighted by Crippen LogP contribution is -2.06. The number of hydrogen-bond acceptors (Lipinski definition) is 2. The quantitative estimate of drug-likeness (QED) is 0.829. The van der Waals surface area contributed by atoms with Crippen LogP contribution in [0.2, 0.25) is 0 Å². The standard InChI is InChI=1S/C12H22N2O/c1-6-8(2)7-11(15)12-9(3)13-14(5)10(12)4/h8,11,15H,6-7H2,1-5H3. The van der Waals surface area contributed by atoms with Crippen molar-refractivity contribution in [2.75, 3.05) is 0 Å². The summed E-state index contributed by atoms with van der Waals surface area (Å²) in [5, 5.41) is 14.5. The van der Waals surface area contributed by atoms with E-state index in [0.29, 0.717) is 5.92 Å². The van der Waals surface area contributed by atoms with Crippen LogP contribution in [0.15, 0.2) is 0 Å². The molecule has 1 rings (SSSR count). The summed E-state index contributed by atoms with van der Waals surface area (Å²) in [6, 6.07) is 0. The first-order chi connectivity index (χ1) is 6.97. The van der Waals surface area contributed by atoms with Gasteiger partial charge in [0.1, 0.15) is 0 Å². The van der Waals surface area contributed by atoms with Gasteiger partial charge < -0.3 is 5.11 Å². The molecule has 1 heterocycles. The van der Waals surface area contributed by atoms with Gasteiger partial charge in [0.15, 0.2) is 0 Å². The second-order valence-electron chi connectivity index (χ2n) is 4.47. The van der Waals surface area contributed by atoms with E-state index in [0.717, 1.165) is 29.8 Å². The minimum absolute atomic E-state index is 0.367. The molecule has 2 unspecified atom stereocenters. The second kappa shape index (κ2) is 4.79. The molecule has 0 aliphatic carbocycles. The smallest absolute Gasteiger partial charge is 0.0828 e. The molecule has 15 heavy (non-hydrogen) atoms. The van der Waals surface area contributed by atoms with E-state index in [9.17, 15) is 5.11 Å². The Balaban J connectivity index is 2.86. The van der Waals surface area contributed by atoms with E-state index in [1.54, 1.807) is 0 Å². The maximum atomic E-state index is 10.1. The molecular formula is C12H22N2O. The molecule has 0 radical (unpaired) electrons. The highest BCUT2D eigenvalue weighted by molar-refractivity contribution is 5.26. The molecule has 0 aliphatic heterocycles. The fourth-order valence-corrected chi connectivity index (χ4v) is 1.94. The van der Waals surface area contributed by atoms with Crippen LogP contribution in [0, 0.1) is 19.8 Å². The first-order valence-electron chi connectivity index (χ1n) is 5.65. The summed E-state index contributed by atoms with van der Waals surface area (Å²) in [6.07, 6.45) is 1.56. The summed E-state index contributed by atoms with van der Waals surface area (Å²) in [4.78, 5) is 0. The highest BCUT2D eigenvalue weighted by atomic mass is 16.3. The lowest BCUT2D eigenvalue weighted by molar-refractivity contribution is 0.145. The average Bonchev–Trinajstić information content (AvgIpc) is 2.41. The monoisotopic (exact) mass is 210 g/mol. The minimum atomic E-state index is -0.367. The summed E-state index contributed by atoms with van der Waals surface area (Å²) in [6.45, 7) is 8.29. The van der Waals surface area contributed by atoms with Crippen molar-refractivity contribution in [3.63, 3.8) is 0 Å². The molecule has 1 aromatic rings. The molecule has 0 saturated carbocycles. The zero-order valence-electron chi connectivity index (χ0n) is 10.4. The Morgan fingerprint density at radius 3 is 2.40 bits per heavy atom. The summed E-state index contributed by atoms with van der Waals surface area (Å²) in [7, 11) is 1.92. The average molecular weight is 210 g/mol. The predicted molar refractivity (Wildman–Crippen MR) is 61.7 cm³/mol. The van der Waals surface area contributed by atoms with Crippen molar-refractivity contribution in [1.29, 1.82) is 0 Å². The molecule has 0 aliphatic rings. The third-order valence-corrected chi connectivity index (χ3v) is 3.22. The molecule has 3 heteroatoms. The lowest BCUT2D eigenvalue weighted by Gasteiger charge is -2.15. The van der Waals surface area contributed by atoms with Crippen molar-refractivity contribution >= 4 is 0 Å². The van der Waals surface area contributed by atoms with Crippen molar-refractivity contribution in [2.24, 2.45) is 13.0 Å². The SMILES string of the molecule is CCC(C)CC(O)c1c(C)nn(C)c1C. The number of aliphatic hydroxyl groups is 1. The predicted octanol–water partition coefficient (Wildman–Crippen LogP) is 2.51. The van der Waals surface area contributed by atoms with Crippen LogP contribution < -0.4 is 0 Å². The van der Waals surface area contributed by atoms with Crippen LogP contribution in [0.1, 0.15) is 49.7 Å². The zero-order valence-corrected chi connectivity index (χ0v) is 10.4. The van der Waals surface area contributed by atoms with Gasteiger partial charge in [0.2, 0.25) is 0 Å². The minimum Gasteiger partial charge on any atom is -0.388 e. The molecule has 3 nitrogen and oxygen atoms in total. The molecule has 0 spiro atoms. The summed E-state index contributed by atoms with van der Waals surface area (Å²) >= 11 is 0. The van der Waals surface area contributed by atoms with Gasteiger partial charge in [-0.15, -0.1) is 0 Å². The third kappa shape index (κ3) is 2.59. The van der Waals surface area contributed by atoms with Gasteiger partial charge in [-0.25, -0.2) is 0 Å². The molecule has 1 N–H and O–H groups in total. The van der Waals surface area contributed by atoms with Crippen LogP contribution in [-0.2, 0) is 7.05 Å². The first kappa shape index (κ1) is 12.2. The van der Waals surface area contributed by atoms with Crippen molar-refractivity contribution in [3.8, 4) is 0 Å². The fraction of sp³-hybridized carbons (Fsp3) is 0.750. The van der Waals surface area contributed by atoms with Crippen molar-refractivity contribution in [3.05, 3.63) is 17.0 Å². The fourth-order valence-electron chi connectivity index (χ4n) is 1.94. The number of rotatable bonds is 4.